The maximum Gasteiger partial charge on any atom is 0.281 e. The quantitative estimate of drug-likeness (QED) is 0.585. The summed E-state index contributed by atoms with van der Waals surface area (Å²) in [7, 11) is 0.864. The third-order valence-electron chi connectivity index (χ3n) is 1.54. The summed E-state index contributed by atoms with van der Waals surface area (Å²) in [5, 5.41) is 8.60. The van der Waals surface area contributed by atoms with E-state index in [-0.39, 0.29) is 3.57 Å². The van der Waals surface area contributed by atoms with E-state index in [1.807, 2.05) is 0 Å². The zero-order chi connectivity index (χ0) is 12.5. The van der Waals surface area contributed by atoms with Crippen LogP contribution in [0.25, 0.3) is 0 Å². The van der Waals surface area contributed by atoms with Crippen LogP contribution >= 0.6 is 33.3 Å². The summed E-state index contributed by atoms with van der Waals surface area (Å²) in [5.41, 5.74) is -1.27. The van der Waals surface area contributed by atoms with Gasteiger partial charge in [-0.15, -0.1) is 0 Å². The second kappa shape index (κ2) is 4.77. The lowest BCUT2D eigenvalue weighted by Crippen LogP contribution is -2.04. The summed E-state index contributed by atoms with van der Waals surface area (Å²) in [4.78, 5) is 2.71. The molecule has 0 N–H and O–H groups in total. The SMILES string of the molecule is N#Cc1nc(C(F)F)c(I)cc1S(=O)(=O)Cl. The van der Waals surface area contributed by atoms with E-state index in [4.69, 9.17) is 15.9 Å². The largest absolute Gasteiger partial charge is 0.281 e. The number of hydrogen-bond acceptors (Lipinski definition) is 4. The molecule has 0 aliphatic heterocycles. The van der Waals surface area contributed by atoms with Crippen molar-refractivity contribution in [2.24, 2.45) is 0 Å². The van der Waals surface area contributed by atoms with Crippen LogP contribution in [0.15, 0.2) is 11.0 Å². The van der Waals surface area contributed by atoms with Gasteiger partial charge in [-0.3, -0.25) is 0 Å². The molecule has 86 valence electrons. The minimum atomic E-state index is -4.17. The predicted octanol–water partition coefficient (Wildman–Crippen LogP) is 2.42. The fourth-order valence-electron chi connectivity index (χ4n) is 0.905. The number of hydrogen-bond donors (Lipinski definition) is 0. The van der Waals surface area contributed by atoms with E-state index in [1.54, 1.807) is 0 Å². The van der Waals surface area contributed by atoms with Gasteiger partial charge in [0.1, 0.15) is 16.7 Å². The highest BCUT2D eigenvalue weighted by molar-refractivity contribution is 14.1. The molecular formula is C7H2ClF2IN2O2S. The third-order valence-corrected chi connectivity index (χ3v) is 3.74. The number of rotatable bonds is 2. The molecule has 9 heteroatoms. The molecule has 0 amide bonds. The van der Waals surface area contributed by atoms with Gasteiger partial charge in [0.25, 0.3) is 15.5 Å². The number of halogens is 4. The average Bonchev–Trinajstić information content (AvgIpc) is 2.15. The van der Waals surface area contributed by atoms with Crippen LogP contribution in [0.2, 0.25) is 0 Å². The molecule has 0 spiro atoms. The van der Waals surface area contributed by atoms with Gasteiger partial charge in [0.2, 0.25) is 0 Å². The van der Waals surface area contributed by atoms with Gasteiger partial charge in [0, 0.05) is 14.3 Å². The lowest BCUT2D eigenvalue weighted by Gasteiger charge is -2.05. The molecule has 0 radical (unpaired) electrons. The molecule has 0 fully saturated rings. The summed E-state index contributed by atoms with van der Waals surface area (Å²) in [6, 6.07) is 2.31. The normalized spacial score (nSPS) is 11.5. The zero-order valence-corrected chi connectivity index (χ0v) is 11.0. The average molecular weight is 379 g/mol. The van der Waals surface area contributed by atoms with Gasteiger partial charge >= 0.3 is 0 Å². The maximum absolute atomic E-state index is 12.4. The molecule has 1 aromatic rings. The van der Waals surface area contributed by atoms with Crippen molar-refractivity contribution in [2.75, 3.05) is 0 Å². The number of aromatic nitrogens is 1. The molecule has 1 rings (SSSR count). The highest BCUT2D eigenvalue weighted by atomic mass is 127. The van der Waals surface area contributed by atoms with Crippen molar-refractivity contribution >= 4 is 42.3 Å². The van der Waals surface area contributed by atoms with Crippen LogP contribution in [0.3, 0.4) is 0 Å². The van der Waals surface area contributed by atoms with Crippen LogP contribution in [0.4, 0.5) is 8.78 Å². The van der Waals surface area contributed by atoms with Crippen molar-refractivity contribution in [3.8, 4) is 6.07 Å². The van der Waals surface area contributed by atoms with Crippen molar-refractivity contribution in [3.63, 3.8) is 0 Å². The Bertz CT molecular complexity index is 570. The maximum atomic E-state index is 12.4. The van der Waals surface area contributed by atoms with Crippen molar-refractivity contribution in [1.82, 2.24) is 4.98 Å². The molecule has 0 aliphatic rings. The summed E-state index contributed by atoms with van der Waals surface area (Å²) in [5.74, 6) is 0. The predicted molar refractivity (Wildman–Crippen MR) is 59.7 cm³/mol. The highest BCUT2D eigenvalue weighted by Gasteiger charge is 2.23. The molecule has 0 bridgehead atoms. The van der Waals surface area contributed by atoms with E-state index in [0.717, 1.165) is 6.07 Å². The Kier molecular flexibility index (Phi) is 4.03. The molecule has 0 aliphatic carbocycles. The van der Waals surface area contributed by atoms with Crippen molar-refractivity contribution in [1.29, 1.82) is 5.26 Å². The standard InChI is InChI=1S/C7H2ClF2IN2O2S/c8-16(14,15)5-1-3(11)6(7(9)10)13-4(5)2-12/h1,7H. The van der Waals surface area contributed by atoms with E-state index < -0.39 is 31.8 Å². The van der Waals surface area contributed by atoms with E-state index in [0.29, 0.717) is 0 Å². The Morgan fingerprint density at radius 1 is 1.56 bits per heavy atom. The topological polar surface area (TPSA) is 70.8 Å². The summed E-state index contributed by atoms with van der Waals surface area (Å²) in [6.07, 6.45) is -2.88. The fraction of sp³-hybridized carbons (Fsp3) is 0.143. The first-order valence-electron chi connectivity index (χ1n) is 3.60. The molecule has 16 heavy (non-hydrogen) atoms. The van der Waals surface area contributed by atoms with Gasteiger partial charge in [0.05, 0.1) is 0 Å². The molecule has 0 atom stereocenters. The first-order chi connectivity index (χ1) is 7.27. The van der Waals surface area contributed by atoms with Crippen molar-refractivity contribution in [2.45, 2.75) is 11.3 Å². The minimum Gasteiger partial charge on any atom is -0.234 e. The second-order valence-electron chi connectivity index (χ2n) is 2.55. The van der Waals surface area contributed by atoms with E-state index in [9.17, 15) is 17.2 Å². The summed E-state index contributed by atoms with van der Waals surface area (Å²) >= 11 is 1.50. The molecule has 4 nitrogen and oxygen atoms in total. The Balaban J connectivity index is 3.59. The lowest BCUT2D eigenvalue weighted by molar-refractivity contribution is 0.145. The second-order valence-corrected chi connectivity index (χ2v) is 6.25. The van der Waals surface area contributed by atoms with Gasteiger partial charge < -0.3 is 0 Å². The van der Waals surface area contributed by atoms with Crippen LogP contribution < -0.4 is 0 Å². The summed E-state index contributed by atoms with van der Waals surface area (Å²) in [6.45, 7) is 0. The smallest absolute Gasteiger partial charge is 0.234 e. The molecule has 0 saturated carbocycles. The molecule has 0 saturated heterocycles. The number of alkyl halides is 2. The van der Waals surface area contributed by atoms with Crippen LogP contribution in [-0.4, -0.2) is 13.4 Å². The zero-order valence-electron chi connectivity index (χ0n) is 7.29. The van der Waals surface area contributed by atoms with Crippen LogP contribution in [-0.2, 0) is 9.05 Å². The van der Waals surface area contributed by atoms with Crippen LogP contribution in [0.5, 0.6) is 0 Å². The first-order valence-corrected chi connectivity index (χ1v) is 6.99. The molecule has 1 aromatic heterocycles. The van der Waals surface area contributed by atoms with Gasteiger partial charge in [-0.05, 0) is 28.7 Å². The Hall–Kier alpha value is -0.530. The Labute approximate surface area is 108 Å². The van der Waals surface area contributed by atoms with Gasteiger partial charge in [-0.2, -0.15) is 5.26 Å². The van der Waals surface area contributed by atoms with Crippen LogP contribution in [0, 0.1) is 14.9 Å². The van der Waals surface area contributed by atoms with Gasteiger partial charge in [-0.1, -0.05) is 0 Å². The number of nitriles is 1. The first kappa shape index (κ1) is 13.5. The lowest BCUT2D eigenvalue weighted by atomic mass is 10.3. The Morgan fingerprint density at radius 3 is 2.50 bits per heavy atom. The number of pyridine rings is 1. The third kappa shape index (κ3) is 2.78. The summed E-state index contributed by atoms with van der Waals surface area (Å²) < 4.78 is 46.8. The molecular weight excluding hydrogens is 377 g/mol. The number of nitrogens with zero attached hydrogens (tertiary/aromatic N) is 2. The monoisotopic (exact) mass is 378 g/mol. The van der Waals surface area contributed by atoms with Gasteiger partial charge in [-0.25, -0.2) is 22.2 Å². The van der Waals surface area contributed by atoms with E-state index >= 15 is 0 Å². The van der Waals surface area contributed by atoms with Crippen molar-refractivity contribution < 1.29 is 17.2 Å². The van der Waals surface area contributed by atoms with Gasteiger partial charge in [0.15, 0.2) is 5.69 Å². The van der Waals surface area contributed by atoms with Crippen LogP contribution in [0.1, 0.15) is 17.8 Å². The Morgan fingerprint density at radius 2 is 2.12 bits per heavy atom. The van der Waals surface area contributed by atoms with E-state index in [2.05, 4.69) is 4.98 Å². The fourth-order valence-corrected chi connectivity index (χ4v) is 2.72. The molecule has 0 unspecified atom stereocenters. The molecule has 0 aromatic carbocycles. The minimum absolute atomic E-state index is 0.0641. The van der Waals surface area contributed by atoms with Crippen molar-refractivity contribution in [3.05, 3.63) is 21.0 Å². The van der Waals surface area contributed by atoms with E-state index in [1.165, 1.54) is 28.7 Å². The highest BCUT2D eigenvalue weighted by Crippen LogP contribution is 2.27. The molecule has 1 heterocycles.